The average Bonchev–Trinajstić information content (AvgIpc) is 3.02. The number of carbonyl (C=O) groups is 2. The second-order valence-corrected chi connectivity index (χ2v) is 8.28. The lowest BCUT2D eigenvalue weighted by molar-refractivity contribution is -0.384. The van der Waals surface area contributed by atoms with Crippen LogP contribution in [0.1, 0.15) is 45.8 Å². The zero-order valence-electron chi connectivity index (χ0n) is 18.3. The van der Waals surface area contributed by atoms with E-state index in [1.165, 1.54) is 12.1 Å². The summed E-state index contributed by atoms with van der Waals surface area (Å²) in [6.07, 6.45) is 3.84. The monoisotopic (exact) mass is 482 g/mol. The number of halogens is 1. The number of hydrogen-bond donors (Lipinski definition) is 1. The molecule has 1 aliphatic heterocycles. The molecule has 34 heavy (non-hydrogen) atoms. The molecule has 0 saturated carbocycles. The first kappa shape index (κ1) is 23.4. The zero-order valence-corrected chi connectivity index (χ0v) is 19.1. The molecule has 0 atom stereocenters. The summed E-state index contributed by atoms with van der Waals surface area (Å²) in [5.41, 5.74) is 2.03. The SMILES string of the molecule is O=C(NCCOC(=O)c1nc(-c2ccccc2)n2c1CCCCC2)c1ccc([N+](=O)[O-])cc1Cl. The van der Waals surface area contributed by atoms with E-state index in [0.29, 0.717) is 5.69 Å². The Morgan fingerprint density at radius 1 is 1.15 bits per heavy atom. The van der Waals surface area contributed by atoms with Gasteiger partial charge in [-0.15, -0.1) is 0 Å². The number of nitrogens with one attached hydrogen (secondary N) is 1. The Balaban J connectivity index is 1.40. The molecule has 1 N–H and O–H groups in total. The maximum absolute atomic E-state index is 12.8. The Hall–Kier alpha value is -3.72. The summed E-state index contributed by atoms with van der Waals surface area (Å²) in [5, 5.41) is 13.4. The molecule has 4 rings (SSSR count). The van der Waals surface area contributed by atoms with Crippen molar-refractivity contribution < 1.29 is 19.2 Å². The third-order valence-corrected chi connectivity index (χ3v) is 5.93. The van der Waals surface area contributed by atoms with E-state index in [2.05, 4.69) is 14.9 Å². The van der Waals surface area contributed by atoms with Gasteiger partial charge in [0.15, 0.2) is 5.69 Å². The number of hydrogen-bond acceptors (Lipinski definition) is 6. The van der Waals surface area contributed by atoms with Crippen molar-refractivity contribution in [2.75, 3.05) is 13.2 Å². The predicted octanol–water partition coefficient (Wildman–Crippen LogP) is 4.42. The van der Waals surface area contributed by atoms with Crippen LogP contribution in [0.4, 0.5) is 5.69 Å². The Labute approximate surface area is 200 Å². The van der Waals surface area contributed by atoms with Gasteiger partial charge in [0.25, 0.3) is 11.6 Å². The number of benzene rings is 2. The van der Waals surface area contributed by atoms with Gasteiger partial charge < -0.3 is 14.6 Å². The van der Waals surface area contributed by atoms with Crippen LogP contribution in [0.3, 0.4) is 0 Å². The summed E-state index contributed by atoms with van der Waals surface area (Å²) in [4.78, 5) is 40.0. The standard InChI is InChI=1S/C24H23ClN4O5/c25-19-15-17(29(32)33)10-11-18(19)23(30)26-12-14-34-24(31)21-20-9-5-2-6-13-28(20)22(27-21)16-7-3-1-4-8-16/h1,3-4,7-8,10-11,15H,2,5-6,9,12-14H2,(H,26,30). The molecule has 0 bridgehead atoms. The molecule has 9 nitrogen and oxygen atoms in total. The summed E-state index contributed by atoms with van der Waals surface area (Å²) < 4.78 is 7.51. The number of non-ortho nitro benzene ring substituents is 1. The van der Waals surface area contributed by atoms with Gasteiger partial charge in [0, 0.05) is 24.2 Å². The van der Waals surface area contributed by atoms with Crippen LogP contribution in [-0.4, -0.2) is 39.5 Å². The van der Waals surface area contributed by atoms with Crippen LogP contribution in [0, 0.1) is 10.1 Å². The molecule has 0 radical (unpaired) electrons. The number of nitrogens with zero attached hydrogens (tertiary/aromatic N) is 3. The van der Waals surface area contributed by atoms with E-state index >= 15 is 0 Å². The van der Waals surface area contributed by atoms with E-state index in [9.17, 15) is 19.7 Å². The lowest BCUT2D eigenvalue weighted by atomic mass is 10.1. The Bertz CT molecular complexity index is 1230. The van der Waals surface area contributed by atoms with Crippen molar-refractivity contribution >= 4 is 29.2 Å². The highest BCUT2D eigenvalue weighted by atomic mass is 35.5. The first-order chi connectivity index (χ1) is 16.5. The van der Waals surface area contributed by atoms with Gasteiger partial charge in [-0.3, -0.25) is 14.9 Å². The van der Waals surface area contributed by atoms with Crippen molar-refractivity contribution in [2.24, 2.45) is 0 Å². The molecule has 0 fully saturated rings. The number of nitro benzene ring substituents is 1. The highest BCUT2D eigenvalue weighted by molar-refractivity contribution is 6.34. The highest BCUT2D eigenvalue weighted by Gasteiger charge is 2.25. The first-order valence-corrected chi connectivity index (χ1v) is 11.4. The first-order valence-electron chi connectivity index (χ1n) is 11.0. The fourth-order valence-electron chi connectivity index (χ4n) is 3.96. The quantitative estimate of drug-likeness (QED) is 0.230. The van der Waals surface area contributed by atoms with Gasteiger partial charge in [-0.05, 0) is 25.3 Å². The van der Waals surface area contributed by atoms with Gasteiger partial charge in [-0.1, -0.05) is 48.4 Å². The minimum absolute atomic E-state index is 0.0298. The smallest absolute Gasteiger partial charge is 0.358 e. The Morgan fingerprint density at radius 3 is 2.68 bits per heavy atom. The van der Waals surface area contributed by atoms with Gasteiger partial charge in [0.1, 0.15) is 12.4 Å². The van der Waals surface area contributed by atoms with Crippen LogP contribution in [0.25, 0.3) is 11.4 Å². The lowest BCUT2D eigenvalue weighted by Crippen LogP contribution is -2.28. The molecule has 2 aromatic carbocycles. The van der Waals surface area contributed by atoms with Crippen molar-refractivity contribution in [3.63, 3.8) is 0 Å². The second-order valence-electron chi connectivity index (χ2n) is 7.87. The van der Waals surface area contributed by atoms with E-state index < -0.39 is 16.8 Å². The van der Waals surface area contributed by atoms with Crippen LogP contribution in [0.2, 0.25) is 5.02 Å². The molecule has 0 unspecified atom stereocenters. The van der Waals surface area contributed by atoms with Crippen LogP contribution in [0.15, 0.2) is 48.5 Å². The van der Waals surface area contributed by atoms with Crippen LogP contribution in [0.5, 0.6) is 0 Å². The van der Waals surface area contributed by atoms with Crippen molar-refractivity contribution in [3.8, 4) is 11.4 Å². The fourth-order valence-corrected chi connectivity index (χ4v) is 4.23. The van der Waals surface area contributed by atoms with E-state index in [-0.39, 0.29) is 29.4 Å². The number of aromatic nitrogens is 2. The molecule has 1 aromatic heterocycles. The minimum atomic E-state index is -0.590. The molecular formula is C24H23ClN4O5. The Kier molecular flexibility index (Phi) is 7.22. The summed E-state index contributed by atoms with van der Waals surface area (Å²) >= 11 is 5.98. The van der Waals surface area contributed by atoms with E-state index in [4.69, 9.17) is 16.3 Å². The molecule has 0 aliphatic carbocycles. The molecule has 1 amide bonds. The second kappa shape index (κ2) is 10.5. The third-order valence-electron chi connectivity index (χ3n) is 5.62. The Morgan fingerprint density at radius 2 is 1.94 bits per heavy atom. The number of ether oxygens (including phenoxy) is 1. The summed E-state index contributed by atoms with van der Waals surface area (Å²) in [5.74, 6) is -0.292. The van der Waals surface area contributed by atoms with Crippen molar-refractivity contribution in [1.82, 2.24) is 14.9 Å². The number of nitro groups is 1. The van der Waals surface area contributed by atoms with E-state index in [1.54, 1.807) is 0 Å². The highest BCUT2D eigenvalue weighted by Crippen LogP contribution is 2.27. The minimum Gasteiger partial charge on any atom is -0.459 e. The van der Waals surface area contributed by atoms with Crippen LogP contribution >= 0.6 is 11.6 Å². The van der Waals surface area contributed by atoms with E-state index in [0.717, 1.165) is 55.4 Å². The van der Waals surface area contributed by atoms with Gasteiger partial charge in [-0.25, -0.2) is 9.78 Å². The summed E-state index contributed by atoms with van der Waals surface area (Å²) in [6.45, 7) is 0.799. The number of esters is 1. The normalized spacial score (nSPS) is 13.0. The van der Waals surface area contributed by atoms with Crippen molar-refractivity contribution in [2.45, 2.75) is 32.2 Å². The number of fused-ring (bicyclic) bond motifs is 1. The molecule has 10 heteroatoms. The van der Waals surface area contributed by atoms with Crippen molar-refractivity contribution in [3.05, 3.63) is 80.6 Å². The lowest BCUT2D eigenvalue weighted by Gasteiger charge is -2.09. The molecule has 2 heterocycles. The van der Waals surface area contributed by atoms with Crippen molar-refractivity contribution in [1.29, 1.82) is 0 Å². The molecule has 3 aromatic rings. The molecule has 0 saturated heterocycles. The third kappa shape index (κ3) is 5.09. The topological polar surface area (TPSA) is 116 Å². The van der Waals surface area contributed by atoms with Gasteiger partial charge in [-0.2, -0.15) is 0 Å². The van der Waals surface area contributed by atoms with Crippen LogP contribution < -0.4 is 5.32 Å². The summed E-state index contributed by atoms with van der Waals surface area (Å²) in [6, 6.07) is 13.3. The van der Waals surface area contributed by atoms with Gasteiger partial charge in [0.05, 0.1) is 27.7 Å². The fraction of sp³-hybridized carbons (Fsp3) is 0.292. The zero-order chi connectivity index (χ0) is 24.1. The van der Waals surface area contributed by atoms with Gasteiger partial charge in [0.2, 0.25) is 0 Å². The van der Waals surface area contributed by atoms with Crippen LogP contribution in [-0.2, 0) is 17.7 Å². The predicted molar refractivity (Wildman–Crippen MR) is 126 cm³/mol. The number of carbonyl (C=O) groups excluding carboxylic acids is 2. The maximum atomic E-state index is 12.8. The molecular weight excluding hydrogens is 460 g/mol. The average molecular weight is 483 g/mol. The molecule has 1 aliphatic rings. The number of amides is 1. The van der Waals surface area contributed by atoms with E-state index in [1.807, 2.05) is 30.3 Å². The number of imidazole rings is 1. The summed E-state index contributed by atoms with van der Waals surface area (Å²) in [7, 11) is 0. The largest absolute Gasteiger partial charge is 0.459 e. The molecule has 0 spiro atoms. The number of rotatable bonds is 7. The molecule has 176 valence electrons. The maximum Gasteiger partial charge on any atom is 0.358 e. The van der Waals surface area contributed by atoms with Gasteiger partial charge >= 0.3 is 5.97 Å².